The summed E-state index contributed by atoms with van der Waals surface area (Å²) >= 11 is -0.988. The van der Waals surface area contributed by atoms with E-state index in [9.17, 15) is 4.21 Å². The molecule has 0 bridgehead atoms. The van der Waals surface area contributed by atoms with Gasteiger partial charge in [0.2, 0.25) is 0 Å². The van der Waals surface area contributed by atoms with Gasteiger partial charge in [0, 0.05) is 13.6 Å². The van der Waals surface area contributed by atoms with Gasteiger partial charge in [-0.3, -0.25) is 0 Å². The second kappa shape index (κ2) is 4.90. The zero-order valence-electron chi connectivity index (χ0n) is 6.18. The summed E-state index contributed by atoms with van der Waals surface area (Å²) in [6.45, 7) is 2.93. The third-order valence-electron chi connectivity index (χ3n) is 0.996. The summed E-state index contributed by atoms with van der Waals surface area (Å²) in [5.41, 5.74) is 0. The van der Waals surface area contributed by atoms with Crippen molar-refractivity contribution >= 4 is 11.2 Å². The Hall–Kier alpha value is 0.0700. The Morgan fingerprint density at radius 1 is 1.67 bits per heavy atom. The van der Waals surface area contributed by atoms with Crippen molar-refractivity contribution < 1.29 is 4.21 Å². The van der Waals surface area contributed by atoms with Crippen LogP contribution in [0.5, 0.6) is 0 Å². The molecule has 56 valence electrons. The number of hydrogen-bond donors (Lipinski definition) is 1. The molecule has 0 aromatic heterocycles. The van der Waals surface area contributed by atoms with Gasteiger partial charge in [-0.1, -0.05) is 6.92 Å². The van der Waals surface area contributed by atoms with E-state index in [0.29, 0.717) is 0 Å². The van der Waals surface area contributed by atoms with E-state index in [1.807, 2.05) is 7.05 Å². The van der Waals surface area contributed by atoms with Crippen LogP contribution in [-0.2, 0) is 11.2 Å². The molecule has 3 nitrogen and oxygen atoms in total. The minimum atomic E-state index is -0.988. The van der Waals surface area contributed by atoms with Crippen LogP contribution >= 0.6 is 0 Å². The maximum atomic E-state index is 10.8. The lowest BCUT2D eigenvalue weighted by atomic mass is 10.5. The van der Waals surface area contributed by atoms with E-state index in [2.05, 4.69) is 11.6 Å². The molecule has 0 aliphatic heterocycles. The van der Waals surface area contributed by atoms with Crippen LogP contribution in [0.1, 0.15) is 13.3 Å². The van der Waals surface area contributed by atoms with E-state index in [1.54, 1.807) is 11.4 Å². The zero-order chi connectivity index (χ0) is 7.28. The molecule has 0 saturated heterocycles. The van der Waals surface area contributed by atoms with Gasteiger partial charge in [0.15, 0.2) is 11.2 Å². The van der Waals surface area contributed by atoms with Gasteiger partial charge < -0.3 is 0 Å². The zero-order valence-corrected chi connectivity index (χ0v) is 6.99. The summed E-state index contributed by atoms with van der Waals surface area (Å²) in [5.74, 6) is 0. The third-order valence-corrected chi connectivity index (χ3v) is 2.09. The number of nitrogens with zero attached hydrogens (tertiary/aromatic N) is 1. The molecule has 0 fully saturated rings. The molecule has 0 aromatic carbocycles. The van der Waals surface area contributed by atoms with E-state index in [1.165, 1.54) is 0 Å². The predicted molar refractivity (Wildman–Crippen MR) is 40.1 cm³/mol. The highest BCUT2D eigenvalue weighted by Crippen LogP contribution is 1.87. The molecule has 0 saturated carbocycles. The second-order valence-corrected chi connectivity index (χ2v) is 3.33. The second-order valence-electron chi connectivity index (χ2n) is 1.80. The van der Waals surface area contributed by atoms with Crippen LogP contribution in [0.2, 0.25) is 0 Å². The molecular weight excluding hydrogens is 136 g/mol. The average Bonchev–Trinajstić information content (AvgIpc) is 1.87. The van der Waals surface area contributed by atoms with Crippen LogP contribution in [0.25, 0.3) is 0 Å². The van der Waals surface area contributed by atoms with Gasteiger partial charge in [0.25, 0.3) is 0 Å². The number of hydrogen-bond acceptors (Lipinski definition) is 1. The molecule has 9 heavy (non-hydrogen) atoms. The van der Waals surface area contributed by atoms with E-state index >= 15 is 0 Å². The van der Waals surface area contributed by atoms with Crippen LogP contribution in [0.4, 0.5) is 0 Å². The molecule has 0 amide bonds. The van der Waals surface area contributed by atoms with E-state index in [-0.39, 0.29) is 0 Å². The molecule has 0 aliphatic carbocycles. The first-order valence-corrected chi connectivity index (χ1v) is 4.13. The van der Waals surface area contributed by atoms with Crippen LogP contribution < -0.4 is 4.72 Å². The van der Waals surface area contributed by atoms with Crippen molar-refractivity contribution in [1.29, 1.82) is 0 Å². The molecule has 0 rings (SSSR count). The van der Waals surface area contributed by atoms with Crippen molar-refractivity contribution in [2.75, 3.05) is 20.6 Å². The standard InChI is InChI=1S/C5H14N2OS/c1-4-5-7(3)9(8)6-2/h6H,4-5H2,1-3H3. The normalized spacial score (nSPS) is 14.2. The molecule has 1 atom stereocenters. The van der Waals surface area contributed by atoms with Crippen LogP contribution in [0.3, 0.4) is 0 Å². The summed E-state index contributed by atoms with van der Waals surface area (Å²) < 4.78 is 15.2. The molecule has 1 unspecified atom stereocenters. The SMILES string of the molecule is CCCN(C)S(=O)NC. The van der Waals surface area contributed by atoms with E-state index < -0.39 is 11.2 Å². The highest BCUT2D eigenvalue weighted by molar-refractivity contribution is 7.80. The van der Waals surface area contributed by atoms with Crippen molar-refractivity contribution in [1.82, 2.24) is 9.03 Å². The van der Waals surface area contributed by atoms with Gasteiger partial charge in [-0.15, -0.1) is 0 Å². The molecule has 0 radical (unpaired) electrons. The summed E-state index contributed by atoms with van der Waals surface area (Å²) in [6.07, 6.45) is 1.03. The predicted octanol–water partition coefficient (Wildman–Crippen LogP) is 0.126. The minimum Gasteiger partial charge on any atom is -0.228 e. The molecule has 0 aromatic rings. The van der Waals surface area contributed by atoms with Gasteiger partial charge >= 0.3 is 0 Å². The van der Waals surface area contributed by atoms with Crippen molar-refractivity contribution in [3.63, 3.8) is 0 Å². The summed E-state index contributed by atoms with van der Waals surface area (Å²) in [6, 6.07) is 0. The Balaban J connectivity index is 3.45. The fourth-order valence-corrected chi connectivity index (χ4v) is 1.21. The Labute approximate surface area is 59.2 Å². The number of rotatable bonds is 4. The van der Waals surface area contributed by atoms with Crippen molar-refractivity contribution in [3.05, 3.63) is 0 Å². The Morgan fingerprint density at radius 3 is 2.56 bits per heavy atom. The van der Waals surface area contributed by atoms with Gasteiger partial charge in [-0.2, -0.15) is 0 Å². The van der Waals surface area contributed by atoms with Gasteiger partial charge in [-0.05, 0) is 13.5 Å². The van der Waals surface area contributed by atoms with E-state index in [0.717, 1.165) is 13.0 Å². The molecule has 0 spiro atoms. The lowest BCUT2D eigenvalue weighted by Crippen LogP contribution is -2.30. The lowest BCUT2D eigenvalue weighted by molar-refractivity contribution is 0.514. The summed E-state index contributed by atoms with van der Waals surface area (Å²) in [7, 11) is 3.51. The first-order valence-electron chi connectivity index (χ1n) is 3.02. The fraction of sp³-hybridized carbons (Fsp3) is 1.00. The fourth-order valence-electron chi connectivity index (χ4n) is 0.554. The molecule has 0 heterocycles. The average molecular weight is 150 g/mol. The molecule has 4 heteroatoms. The summed E-state index contributed by atoms with van der Waals surface area (Å²) in [5, 5.41) is 0. The molecule has 1 N–H and O–H groups in total. The van der Waals surface area contributed by atoms with Crippen LogP contribution in [-0.4, -0.2) is 29.2 Å². The topological polar surface area (TPSA) is 32.3 Å². The lowest BCUT2D eigenvalue weighted by Gasteiger charge is -2.11. The first-order chi connectivity index (χ1) is 4.22. The molecule has 0 aliphatic rings. The Morgan fingerprint density at radius 2 is 2.22 bits per heavy atom. The van der Waals surface area contributed by atoms with Gasteiger partial charge in [-0.25, -0.2) is 13.2 Å². The largest absolute Gasteiger partial charge is 0.228 e. The first kappa shape index (κ1) is 9.07. The smallest absolute Gasteiger partial charge is 0.169 e. The van der Waals surface area contributed by atoms with Crippen molar-refractivity contribution in [2.24, 2.45) is 0 Å². The maximum absolute atomic E-state index is 10.8. The Bertz CT molecular complexity index is 97.0. The highest BCUT2D eigenvalue weighted by Gasteiger charge is 2.00. The monoisotopic (exact) mass is 150 g/mol. The van der Waals surface area contributed by atoms with E-state index in [4.69, 9.17) is 0 Å². The van der Waals surface area contributed by atoms with Crippen LogP contribution in [0, 0.1) is 0 Å². The minimum absolute atomic E-state index is 0.869. The molecular formula is C5H14N2OS. The third kappa shape index (κ3) is 3.61. The quantitative estimate of drug-likeness (QED) is 0.607. The summed E-state index contributed by atoms with van der Waals surface area (Å²) in [4.78, 5) is 0. The Kier molecular flexibility index (Phi) is 4.94. The van der Waals surface area contributed by atoms with Crippen molar-refractivity contribution in [2.45, 2.75) is 13.3 Å². The van der Waals surface area contributed by atoms with Crippen molar-refractivity contribution in [3.8, 4) is 0 Å². The van der Waals surface area contributed by atoms with Gasteiger partial charge in [0.05, 0.1) is 0 Å². The van der Waals surface area contributed by atoms with Gasteiger partial charge in [0.1, 0.15) is 0 Å². The maximum Gasteiger partial charge on any atom is 0.169 e. The van der Waals surface area contributed by atoms with Crippen LogP contribution in [0.15, 0.2) is 0 Å². The highest BCUT2D eigenvalue weighted by atomic mass is 32.2. The number of nitrogens with one attached hydrogen (secondary N) is 1.